The summed E-state index contributed by atoms with van der Waals surface area (Å²) in [6.45, 7) is 1.00. The summed E-state index contributed by atoms with van der Waals surface area (Å²) in [5.41, 5.74) is 1.29. The third-order valence-electron chi connectivity index (χ3n) is 3.44. The second-order valence-corrected chi connectivity index (χ2v) is 5.58. The van der Waals surface area contributed by atoms with Crippen LogP contribution in [0.4, 0.5) is 0 Å². The van der Waals surface area contributed by atoms with Crippen molar-refractivity contribution >= 4 is 12.2 Å². The van der Waals surface area contributed by atoms with E-state index in [9.17, 15) is 4.79 Å². The number of nitrogens with zero attached hydrogens (tertiary/aromatic N) is 3. The second-order valence-electron chi connectivity index (χ2n) is 5.19. The molecule has 2 aromatic heterocycles. The Hall–Kier alpha value is -2.80. The van der Waals surface area contributed by atoms with Crippen LogP contribution in [0.3, 0.4) is 0 Å². The third-order valence-corrected chi connectivity index (χ3v) is 3.77. The van der Waals surface area contributed by atoms with Gasteiger partial charge in [-0.25, -0.2) is 9.97 Å². The predicted molar refractivity (Wildman–Crippen MR) is 92.7 cm³/mol. The zero-order valence-corrected chi connectivity index (χ0v) is 13.7. The smallest absolute Gasteiger partial charge is 0.255 e. The highest BCUT2D eigenvalue weighted by Gasteiger charge is 2.05. The van der Waals surface area contributed by atoms with E-state index in [0.717, 1.165) is 11.3 Å². The zero-order chi connectivity index (χ0) is 16.8. The minimum atomic E-state index is -0.191. The molecule has 0 bridgehead atoms. The van der Waals surface area contributed by atoms with Crippen molar-refractivity contribution in [3.8, 4) is 5.75 Å². The molecule has 2 heterocycles. The number of aromatic nitrogens is 4. The van der Waals surface area contributed by atoms with Gasteiger partial charge in [0, 0.05) is 30.6 Å². The molecule has 0 spiro atoms. The number of benzene rings is 1. The van der Waals surface area contributed by atoms with Crippen LogP contribution in [0.5, 0.6) is 5.75 Å². The topological polar surface area (TPSA) is 72.8 Å². The van der Waals surface area contributed by atoms with Gasteiger partial charge in [0.25, 0.3) is 5.56 Å². The maximum absolute atomic E-state index is 12.1. The van der Waals surface area contributed by atoms with Gasteiger partial charge in [-0.05, 0) is 29.9 Å². The van der Waals surface area contributed by atoms with E-state index in [4.69, 9.17) is 17.0 Å². The average molecular weight is 340 g/mol. The molecule has 0 aliphatic heterocycles. The van der Waals surface area contributed by atoms with Gasteiger partial charge in [-0.3, -0.25) is 9.78 Å². The predicted octanol–water partition coefficient (Wildman–Crippen LogP) is 2.37. The number of nitrogens with one attached hydrogen (secondary N) is 1. The van der Waals surface area contributed by atoms with E-state index >= 15 is 0 Å². The molecule has 1 aromatic carbocycles. The van der Waals surface area contributed by atoms with Crippen molar-refractivity contribution in [1.29, 1.82) is 0 Å². The number of para-hydroxylation sites is 1. The monoisotopic (exact) mass is 340 g/mol. The van der Waals surface area contributed by atoms with Crippen LogP contribution >= 0.6 is 12.2 Å². The molecule has 6 nitrogen and oxygen atoms in total. The van der Waals surface area contributed by atoms with Gasteiger partial charge < -0.3 is 9.30 Å². The Morgan fingerprint density at radius 1 is 1.17 bits per heavy atom. The summed E-state index contributed by atoms with van der Waals surface area (Å²) in [4.78, 5) is 22.7. The number of hydrogen-bond donors (Lipinski definition) is 1. The van der Waals surface area contributed by atoms with Crippen LogP contribution in [-0.4, -0.2) is 26.1 Å². The lowest BCUT2D eigenvalue weighted by Crippen LogP contribution is -2.20. The fourth-order valence-electron chi connectivity index (χ4n) is 2.27. The molecule has 1 N–H and O–H groups in total. The molecule has 0 amide bonds. The molecule has 3 rings (SSSR count). The molecule has 0 saturated heterocycles. The molecule has 0 aliphatic rings. The van der Waals surface area contributed by atoms with Crippen molar-refractivity contribution in [2.75, 3.05) is 6.61 Å². The summed E-state index contributed by atoms with van der Waals surface area (Å²) in [5.74, 6) is 0.801. The first-order valence-corrected chi connectivity index (χ1v) is 7.87. The molecule has 0 fully saturated rings. The molecule has 7 heteroatoms. The Kier molecular flexibility index (Phi) is 5.12. The molecule has 122 valence electrons. The largest absolute Gasteiger partial charge is 0.492 e. The van der Waals surface area contributed by atoms with Gasteiger partial charge in [-0.2, -0.15) is 0 Å². The summed E-state index contributed by atoms with van der Waals surface area (Å²) < 4.78 is 7.86. The van der Waals surface area contributed by atoms with Gasteiger partial charge in [-0.15, -0.1) is 0 Å². The first kappa shape index (κ1) is 16.1. The lowest BCUT2D eigenvalue weighted by Gasteiger charge is -2.10. The summed E-state index contributed by atoms with van der Waals surface area (Å²) in [5, 5.41) is 0. The van der Waals surface area contributed by atoms with Crippen LogP contribution in [0.15, 0.2) is 60.0 Å². The van der Waals surface area contributed by atoms with Crippen LogP contribution in [-0.2, 0) is 13.0 Å². The molecule has 0 saturated carbocycles. The Morgan fingerprint density at radius 3 is 2.67 bits per heavy atom. The fourth-order valence-corrected chi connectivity index (χ4v) is 2.50. The van der Waals surface area contributed by atoms with E-state index in [0.29, 0.717) is 29.9 Å². The van der Waals surface area contributed by atoms with Crippen molar-refractivity contribution in [3.63, 3.8) is 0 Å². The Labute approximate surface area is 143 Å². The number of hydrogen-bond acceptors (Lipinski definition) is 5. The van der Waals surface area contributed by atoms with Crippen LogP contribution in [0, 0.1) is 4.77 Å². The van der Waals surface area contributed by atoms with E-state index in [1.807, 2.05) is 30.3 Å². The van der Waals surface area contributed by atoms with E-state index in [2.05, 4.69) is 15.0 Å². The number of aromatic amines is 1. The Bertz CT molecular complexity index is 907. The highest BCUT2D eigenvalue weighted by Crippen LogP contribution is 2.08. The van der Waals surface area contributed by atoms with Crippen LogP contribution < -0.4 is 10.3 Å². The fraction of sp³-hybridized carbons (Fsp3) is 0.176. The van der Waals surface area contributed by atoms with Crippen molar-refractivity contribution in [3.05, 3.63) is 81.5 Å². The van der Waals surface area contributed by atoms with Gasteiger partial charge >= 0.3 is 0 Å². The summed E-state index contributed by atoms with van der Waals surface area (Å²) in [6.07, 6.45) is 7.06. The summed E-state index contributed by atoms with van der Waals surface area (Å²) in [6, 6.07) is 9.56. The van der Waals surface area contributed by atoms with Crippen LogP contribution in [0.25, 0.3) is 0 Å². The first-order valence-electron chi connectivity index (χ1n) is 7.47. The lowest BCUT2D eigenvalue weighted by atomic mass is 10.1. The van der Waals surface area contributed by atoms with Crippen molar-refractivity contribution in [2.45, 2.75) is 13.0 Å². The quantitative estimate of drug-likeness (QED) is 0.698. The molecule has 0 unspecified atom stereocenters. The number of rotatable bonds is 6. The molecule has 3 aromatic rings. The van der Waals surface area contributed by atoms with E-state index < -0.39 is 0 Å². The van der Waals surface area contributed by atoms with Gasteiger partial charge in [0.15, 0.2) is 4.77 Å². The minimum absolute atomic E-state index is 0.191. The van der Waals surface area contributed by atoms with E-state index in [-0.39, 0.29) is 5.56 Å². The third kappa shape index (κ3) is 4.14. The summed E-state index contributed by atoms with van der Waals surface area (Å²) in [7, 11) is 0. The maximum atomic E-state index is 12.1. The van der Waals surface area contributed by atoms with Gasteiger partial charge in [0.05, 0.1) is 6.54 Å². The van der Waals surface area contributed by atoms with Crippen molar-refractivity contribution in [2.24, 2.45) is 0 Å². The lowest BCUT2D eigenvalue weighted by molar-refractivity contribution is 0.296. The Balaban J connectivity index is 1.72. The number of ether oxygens (including phenoxy) is 1. The van der Waals surface area contributed by atoms with Crippen LogP contribution in [0.1, 0.15) is 11.1 Å². The highest BCUT2D eigenvalue weighted by atomic mass is 32.1. The van der Waals surface area contributed by atoms with Gasteiger partial charge in [0.1, 0.15) is 18.7 Å². The Morgan fingerprint density at radius 2 is 1.92 bits per heavy atom. The molecular weight excluding hydrogens is 324 g/mol. The zero-order valence-electron chi connectivity index (χ0n) is 12.9. The first-order chi connectivity index (χ1) is 11.7. The average Bonchev–Trinajstić information content (AvgIpc) is 2.60. The highest BCUT2D eigenvalue weighted by molar-refractivity contribution is 7.71. The standard InChI is InChI=1S/C17H16N4O2S/c22-16-14(8-13-9-18-12-19-10-13)11-21(17(24)20-16)6-7-23-15-4-2-1-3-5-15/h1-5,9-12H,6-8H2,(H,20,22,24). The van der Waals surface area contributed by atoms with Crippen LogP contribution in [0.2, 0.25) is 0 Å². The SMILES string of the molecule is O=c1[nH]c(=S)n(CCOc2ccccc2)cc1Cc1cncnc1. The number of H-pyrrole nitrogens is 1. The normalized spacial score (nSPS) is 10.5. The second kappa shape index (κ2) is 7.65. The molecular formula is C17H16N4O2S. The minimum Gasteiger partial charge on any atom is -0.492 e. The molecule has 0 aliphatic carbocycles. The molecule has 0 atom stereocenters. The van der Waals surface area contributed by atoms with Crippen molar-refractivity contribution < 1.29 is 4.74 Å². The van der Waals surface area contributed by atoms with Crippen molar-refractivity contribution in [1.82, 2.24) is 19.5 Å². The molecule has 0 radical (unpaired) electrons. The van der Waals surface area contributed by atoms with E-state index in [1.165, 1.54) is 6.33 Å². The maximum Gasteiger partial charge on any atom is 0.255 e. The molecule has 24 heavy (non-hydrogen) atoms. The summed E-state index contributed by atoms with van der Waals surface area (Å²) >= 11 is 5.22. The van der Waals surface area contributed by atoms with Gasteiger partial charge in [-0.1, -0.05) is 18.2 Å². The van der Waals surface area contributed by atoms with Gasteiger partial charge in [0.2, 0.25) is 0 Å². The van der Waals surface area contributed by atoms with E-state index in [1.54, 1.807) is 23.2 Å².